The number of aliphatic hydroxyl groups excluding tert-OH is 1. The van der Waals surface area contributed by atoms with E-state index in [2.05, 4.69) is 0 Å². The number of aryl methyl sites for hydroxylation is 1. The average Bonchev–Trinajstić information content (AvgIpc) is 3.43. The third kappa shape index (κ3) is 4.24. The van der Waals surface area contributed by atoms with Crippen LogP contribution in [0.15, 0.2) is 59.5 Å². The molecule has 1 atom stereocenters. The molecule has 7 nitrogen and oxygen atoms in total. The molecule has 1 unspecified atom stereocenters. The molecular weight excluding hydrogens is 454 g/mol. The molecule has 2 heterocycles. The number of rotatable bonds is 7. The van der Waals surface area contributed by atoms with E-state index < -0.39 is 17.7 Å². The smallest absolute Gasteiger partial charge is 0.295 e. The summed E-state index contributed by atoms with van der Waals surface area (Å²) >= 11 is 1.47. The van der Waals surface area contributed by atoms with E-state index in [1.165, 1.54) is 29.4 Å². The van der Waals surface area contributed by atoms with Crippen LogP contribution in [-0.4, -0.2) is 40.5 Å². The lowest BCUT2D eigenvalue weighted by Gasteiger charge is -2.25. The summed E-state index contributed by atoms with van der Waals surface area (Å²) in [5, 5.41) is 23.5. The normalized spacial score (nSPS) is 17.3. The number of thiophene rings is 1. The minimum atomic E-state index is -0.882. The van der Waals surface area contributed by atoms with Gasteiger partial charge in [-0.2, -0.15) is 0 Å². The van der Waals surface area contributed by atoms with Gasteiger partial charge in [0, 0.05) is 4.88 Å². The molecule has 1 saturated heterocycles. The SMILES string of the molecule is CCOc1cc(C2/C(=C(\O)c3cc(C)ccc3OC)C(=O)C(=O)N2Cc2cccs2)ccc1O. The van der Waals surface area contributed by atoms with Crippen molar-refractivity contribution >= 4 is 28.8 Å². The van der Waals surface area contributed by atoms with E-state index in [1.807, 2.05) is 30.5 Å². The fourth-order valence-electron chi connectivity index (χ4n) is 4.08. The number of hydrogen-bond donors (Lipinski definition) is 2. The Balaban J connectivity index is 1.93. The molecule has 1 aromatic heterocycles. The van der Waals surface area contributed by atoms with Crippen LogP contribution in [0.2, 0.25) is 0 Å². The second kappa shape index (κ2) is 9.61. The number of benzene rings is 2. The highest BCUT2D eigenvalue weighted by molar-refractivity contribution is 7.09. The highest BCUT2D eigenvalue weighted by atomic mass is 32.1. The number of aliphatic hydroxyl groups is 1. The Bertz CT molecular complexity index is 1260. The summed E-state index contributed by atoms with van der Waals surface area (Å²) in [6.45, 7) is 4.17. The van der Waals surface area contributed by atoms with Crippen molar-refractivity contribution in [3.05, 3.63) is 81.1 Å². The highest BCUT2D eigenvalue weighted by Crippen LogP contribution is 2.43. The summed E-state index contributed by atoms with van der Waals surface area (Å²) in [6, 6.07) is 12.8. The minimum Gasteiger partial charge on any atom is -0.507 e. The van der Waals surface area contributed by atoms with Crippen LogP contribution in [0.3, 0.4) is 0 Å². The van der Waals surface area contributed by atoms with Gasteiger partial charge in [0.05, 0.1) is 37.4 Å². The van der Waals surface area contributed by atoms with Crippen LogP contribution in [-0.2, 0) is 16.1 Å². The van der Waals surface area contributed by atoms with Crippen molar-refractivity contribution in [2.24, 2.45) is 0 Å². The van der Waals surface area contributed by atoms with Crippen molar-refractivity contribution in [3.8, 4) is 17.2 Å². The monoisotopic (exact) mass is 479 g/mol. The van der Waals surface area contributed by atoms with Crippen molar-refractivity contribution < 1.29 is 29.3 Å². The van der Waals surface area contributed by atoms with Crippen LogP contribution in [0, 0.1) is 6.92 Å². The predicted molar refractivity (Wildman–Crippen MR) is 129 cm³/mol. The van der Waals surface area contributed by atoms with Crippen LogP contribution >= 0.6 is 11.3 Å². The number of ketones is 1. The number of hydrogen-bond acceptors (Lipinski definition) is 7. The molecule has 1 aliphatic heterocycles. The van der Waals surface area contributed by atoms with E-state index in [0.29, 0.717) is 23.5 Å². The Kier molecular flexibility index (Phi) is 6.61. The Morgan fingerprint density at radius 3 is 2.59 bits per heavy atom. The molecular formula is C26H25NO6S. The first kappa shape index (κ1) is 23.4. The van der Waals surface area contributed by atoms with E-state index in [4.69, 9.17) is 9.47 Å². The molecule has 1 fully saturated rings. The summed E-state index contributed by atoms with van der Waals surface area (Å²) in [5.41, 5.74) is 1.67. The van der Waals surface area contributed by atoms with Crippen LogP contribution in [0.4, 0.5) is 0 Å². The quantitative estimate of drug-likeness (QED) is 0.287. The standard InChI is InChI=1S/C26H25NO6S/c1-4-33-21-13-16(8-9-19(21)28)23-22(24(29)18-12-15(2)7-10-20(18)32-3)25(30)26(31)27(23)14-17-6-5-11-34-17/h5-13,23,28-29H,4,14H2,1-3H3/b24-22+. The zero-order valence-electron chi connectivity index (χ0n) is 19.1. The highest BCUT2D eigenvalue weighted by Gasteiger charge is 2.46. The van der Waals surface area contributed by atoms with Gasteiger partial charge in [0.2, 0.25) is 0 Å². The molecule has 34 heavy (non-hydrogen) atoms. The van der Waals surface area contributed by atoms with Crippen LogP contribution in [0.25, 0.3) is 5.76 Å². The average molecular weight is 480 g/mol. The van der Waals surface area contributed by atoms with Crippen LogP contribution in [0.1, 0.15) is 34.5 Å². The molecule has 0 aliphatic carbocycles. The molecule has 2 N–H and O–H groups in total. The molecule has 4 rings (SSSR count). The predicted octanol–water partition coefficient (Wildman–Crippen LogP) is 4.79. The third-order valence-corrected chi connectivity index (χ3v) is 6.52. The second-order valence-corrected chi connectivity index (χ2v) is 8.90. The first-order valence-corrected chi connectivity index (χ1v) is 11.6. The summed E-state index contributed by atoms with van der Waals surface area (Å²) in [5.74, 6) is -1.25. The third-order valence-electron chi connectivity index (χ3n) is 5.66. The zero-order chi connectivity index (χ0) is 24.4. The van der Waals surface area contributed by atoms with Gasteiger partial charge in [0.1, 0.15) is 11.5 Å². The van der Waals surface area contributed by atoms with Crippen LogP contribution < -0.4 is 9.47 Å². The van der Waals surface area contributed by atoms with Gasteiger partial charge in [-0.15, -0.1) is 11.3 Å². The molecule has 8 heteroatoms. The van der Waals surface area contributed by atoms with Gasteiger partial charge in [-0.25, -0.2) is 0 Å². The maximum absolute atomic E-state index is 13.3. The minimum absolute atomic E-state index is 0.0430. The number of carbonyl (C=O) groups is 2. The number of likely N-dealkylation sites (tertiary alicyclic amines) is 1. The largest absolute Gasteiger partial charge is 0.507 e. The second-order valence-electron chi connectivity index (χ2n) is 7.87. The van der Waals surface area contributed by atoms with E-state index in [-0.39, 0.29) is 29.4 Å². The van der Waals surface area contributed by atoms with E-state index in [0.717, 1.165) is 10.4 Å². The van der Waals surface area contributed by atoms with E-state index >= 15 is 0 Å². The van der Waals surface area contributed by atoms with E-state index in [1.54, 1.807) is 31.2 Å². The number of amides is 1. The lowest BCUT2D eigenvalue weighted by molar-refractivity contribution is -0.140. The van der Waals surface area contributed by atoms with Crippen molar-refractivity contribution in [1.82, 2.24) is 4.90 Å². The van der Waals surface area contributed by atoms with Crippen molar-refractivity contribution in [2.45, 2.75) is 26.4 Å². The molecule has 1 aliphatic rings. The Morgan fingerprint density at radius 2 is 1.91 bits per heavy atom. The van der Waals surface area contributed by atoms with Gasteiger partial charge < -0.3 is 24.6 Å². The number of phenolic OH excluding ortho intramolecular Hbond substituents is 1. The van der Waals surface area contributed by atoms with Gasteiger partial charge in [0.25, 0.3) is 11.7 Å². The van der Waals surface area contributed by atoms with Gasteiger partial charge in [0.15, 0.2) is 11.5 Å². The first-order valence-electron chi connectivity index (χ1n) is 10.8. The molecule has 0 radical (unpaired) electrons. The van der Waals surface area contributed by atoms with Crippen molar-refractivity contribution in [1.29, 1.82) is 0 Å². The molecule has 0 saturated carbocycles. The fourth-order valence-corrected chi connectivity index (χ4v) is 4.79. The lowest BCUT2D eigenvalue weighted by atomic mass is 9.94. The molecule has 3 aromatic rings. The molecule has 0 bridgehead atoms. The topological polar surface area (TPSA) is 96.3 Å². The summed E-state index contributed by atoms with van der Waals surface area (Å²) in [6.07, 6.45) is 0. The maximum Gasteiger partial charge on any atom is 0.295 e. The fraction of sp³-hybridized carbons (Fsp3) is 0.231. The Morgan fingerprint density at radius 1 is 1.12 bits per heavy atom. The van der Waals surface area contributed by atoms with Crippen molar-refractivity contribution in [3.63, 3.8) is 0 Å². The number of ether oxygens (including phenoxy) is 2. The van der Waals surface area contributed by atoms with Crippen LogP contribution in [0.5, 0.6) is 17.2 Å². The number of Topliss-reactive ketones (excluding diaryl/α,β-unsaturated/α-hetero) is 1. The number of carbonyl (C=O) groups excluding carboxylic acids is 2. The summed E-state index contributed by atoms with van der Waals surface area (Å²) in [7, 11) is 1.47. The van der Waals surface area contributed by atoms with Gasteiger partial charge in [-0.05, 0) is 55.1 Å². The Hall–Kier alpha value is -3.78. The van der Waals surface area contributed by atoms with E-state index in [9.17, 15) is 19.8 Å². The summed E-state index contributed by atoms with van der Waals surface area (Å²) < 4.78 is 10.9. The summed E-state index contributed by atoms with van der Waals surface area (Å²) in [4.78, 5) is 28.8. The molecule has 176 valence electrons. The zero-order valence-corrected chi connectivity index (χ0v) is 19.9. The molecule has 1 amide bonds. The first-order chi connectivity index (χ1) is 16.3. The number of aromatic hydroxyl groups is 1. The molecule has 0 spiro atoms. The van der Waals surface area contributed by atoms with Gasteiger partial charge >= 0.3 is 0 Å². The molecule has 2 aromatic carbocycles. The van der Waals surface area contributed by atoms with Crippen molar-refractivity contribution in [2.75, 3.05) is 13.7 Å². The van der Waals surface area contributed by atoms with Gasteiger partial charge in [-0.3, -0.25) is 9.59 Å². The number of methoxy groups -OCH3 is 1. The maximum atomic E-state index is 13.3. The number of phenols is 1. The number of nitrogens with zero attached hydrogens (tertiary/aromatic N) is 1. The Labute approximate surface area is 201 Å². The lowest BCUT2D eigenvalue weighted by Crippen LogP contribution is -2.28. The van der Waals surface area contributed by atoms with Gasteiger partial charge in [-0.1, -0.05) is 23.8 Å².